The Bertz CT molecular complexity index is 1070. The van der Waals surface area contributed by atoms with Gasteiger partial charge in [0, 0.05) is 24.7 Å². The molecule has 278 valence electrons. The number of carbonyl (C=O) groups excluding carboxylic acids is 3. The van der Waals surface area contributed by atoms with Gasteiger partial charge in [0.2, 0.25) is 0 Å². The molecule has 0 saturated heterocycles. The van der Waals surface area contributed by atoms with Crippen LogP contribution in [0, 0.1) is 10.1 Å². The Kier molecular flexibility index (Phi) is 25.5. The molecule has 1 aromatic carbocycles. The number of nitrogens with zero attached hydrogens (tertiary/aromatic N) is 2. The van der Waals surface area contributed by atoms with Gasteiger partial charge in [-0.25, -0.2) is 0 Å². The molecule has 0 saturated carbocycles. The van der Waals surface area contributed by atoms with Gasteiger partial charge in [0.05, 0.1) is 16.9 Å². The molecule has 0 aliphatic heterocycles. The Morgan fingerprint density at radius 2 is 1.27 bits per heavy atom. The van der Waals surface area contributed by atoms with E-state index in [1.54, 1.807) is 6.07 Å². The number of esters is 2. The molecule has 0 aromatic heterocycles. The number of nitro groups is 1. The summed E-state index contributed by atoms with van der Waals surface area (Å²) in [5.41, 5.74) is 5.82. The first-order chi connectivity index (χ1) is 23.7. The van der Waals surface area contributed by atoms with Crippen LogP contribution in [0.2, 0.25) is 0 Å². The molecule has 1 aromatic rings. The summed E-state index contributed by atoms with van der Waals surface area (Å²) in [7, 11) is 0. The zero-order valence-electron chi connectivity index (χ0n) is 30.6. The molecule has 10 heteroatoms. The van der Waals surface area contributed by atoms with Crippen molar-refractivity contribution in [3.63, 3.8) is 0 Å². The van der Waals surface area contributed by atoms with Gasteiger partial charge in [-0.2, -0.15) is 0 Å². The quantitative estimate of drug-likeness (QED) is 0.0267. The zero-order valence-corrected chi connectivity index (χ0v) is 30.6. The average molecular weight is 688 g/mol. The second kappa shape index (κ2) is 28.6. The van der Waals surface area contributed by atoms with E-state index in [0.717, 1.165) is 38.5 Å². The highest BCUT2D eigenvalue weighted by atomic mass is 16.6. The van der Waals surface area contributed by atoms with Crippen LogP contribution in [0.1, 0.15) is 165 Å². The fourth-order valence-corrected chi connectivity index (χ4v) is 5.80. The van der Waals surface area contributed by atoms with E-state index in [0.29, 0.717) is 13.1 Å². The molecule has 1 unspecified atom stereocenters. The minimum absolute atomic E-state index is 0.00615. The second-order valence-electron chi connectivity index (χ2n) is 13.1. The van der Waals surface area contributed by atoms with E-state index in [4.69, 9.17) is 15.2 Å². The standard InChI is InChI=1S/C39H65N3O7/c1-4-7-9-11-13-15-17-19-21-23-27-41(28-24-22-20-18-16-14-12-10-8-5-2)38(44)33-25-26-34(36(30-33)42(46)47)32-49-39(45)35(40)31-37(43)48-29-6-3/h6,25-26,30,35H,3-5,7-24,27-29,31-32,40H2,1-2H3. The lowest BCUT2D eigenvalue weighted by Crippen LogP contribution is -2.35. The maximum absolute atomic E-state index is 13.7. The molecule has 10 nitrogen and oxygen atoms in total. The fourth-order valence-electron chi connectivity index (χ4n) is 5.80. The van der Waals surface area contributed by atoms with Gasteiger partial charge < -0.3 is 20.1 Å². The molecular formula is C39H65N3O7. The summed E-state index contributed by atoms with van der Waals surface area (Å²) in [6.07, 6.45) is 25.1. The molecule has 0 aliphatic carbocycles. The molecule has 0 aliphatic rings. The molecule has 0 spiro atoms. The van der Waals surface area contributed by atoms with E-state index >= 15 is 0 Å². The molecular weight excluding hydrogens is 622 g/mol. The minimum atomic E-state index is -1.28. The number of nitro benzene ring substituents is 1. The number of nitrogens with two attached hydrogens (primary N) is 1. The topological polar surface area (TPSA) is 142 Å². The van der Waals surface area contributed by atoms with Crippen molar-refractivity contribution in [3.8, 4) is 0 Å². The van der Waals surface area contributed by atoms with Crippen molar-refractivity contribution in [2.24, 2.45) is 5.73 Å². The molecule has 0 bridgehead atoms. The smallest absolute Gasteiger partial charge is 0.323 e. The van der Waals surface area contributed by atoms with E-state index in [-0.39, 0.29) is 29.3 Å². The van der Waals surface area contributed by atoms with Crippen LogP contribution in [0.3, 0.4) is 0 Å². The van der Waals surface area contributed by atoms with Gasteiger partial charge in [0.1, 0.15) is 19.3 Å². The molecule has 0 heterocycles. The second-order valence-corrected chi connectivity index (χ2v) is 13.1. The first kappa shape index (κ1) is 43.8. The summed E-state index contributed by atoms with van der Waals surface area (Å²) in [5, 5.41) is 12.0. The summed E-state index contributed by atoms with van der Waals surface area (Å²) in [6.45, 7) is 8.72. The van der Waals surface area contributed by atoms with Crippen molar-refractivity contribution in [2.45, 2.75) is 161 Å². The predicted octanol–water partition coefficient (Wildman–Crippen LogP) is 9.37. The van der Waals surface area contributed by atoms with Gasteiger partial charge in [0.25, 0.3) is 11.6 Å². The third kappa shape index (κ3) is 20.8. The Hall–Kier alpha value is -3.27. The van der Waals surface area contributed by atoms with Crippen LogP contribution in [0.25, 0.3) is 0 Å². The Labute approximate surface area is 295 Å². The van der Waals surface area contributed by atoms with Crippen LogP contribution in [0.5, 0.6) is 0 Å². The lowest BCUT2D eigenvalue weighted by molar-refractivity contribution is -0.385. The summed E-state index contributed by atoms with van der Waals surface area (Å²) in [5.74, 6) is -1.79. The Balaban J connectivity index is 2.78. The molecule has 1 rings (SSSR count). The number of carbonyl (C=O) groups is 3. The number of benzene rings is 1. The highest BCUT2D eigenvalue weighted by Gasteiger charge is 2.24. The molecule has 2 N–H and O–H groups in total. The highest BCUT2D eigenvalue weighted by Crippen LogP contribution is 2.23. The molecule has 0 fully saturated rings. The lowest BCUT2D eigenvalue weighted by Gasteiger charge is -2.23. The summed E-state index contributed by atoms with van der Waals surface area (Å²) >= 11 is 0. The number of hydrogen-bond acceptors (Lipinski definition) is 8. The van der Waals surface area contributed by atoms with Gasteiger partial charge >= 0.3 is 11.9 Å². The lowest BCUT2D eigenvalue weighted by atomic mass is 10.0. The van der Waals surface area contributed by atoms with Gasteiger partial charge in [-0.3, -0.25) is 24.5 Å². The molecule has 0 radical (unpaired) electrons. The monoisotopic (exact) mass is 687 g/mol. The summed E-state index contributed by atoms with van der Waals surface area (Å²) in [6, 6.07) is 2.99. The number of rotatable bonds is 31. The van der Waals surface area contributed by atoms with E-state index in [1.807, 2.05) is 4.90 Å². The van der Waals surface area contributed by atoms with E-state index in [1.165, 1.54) is 108 Å². The molecule has 1 atom stereocenters. The van der Waals surface area contributed by atoms with Crippen molar-refractivity contribution in [1.82, 2.24) is 4.90 Å². The van der Waals surface area contributed by atoms with Crippen LogP contribution < -0.4 is 5.73 Å². The summed E-state index contributed by atoms with van der Waals surface area (Å²) < 4.78 is 10.0. The van der Waals surface area contributed by atoms with E-state index < -0.39 is 35.9 Å². The van der Waals surface area contributed by atoms with Crippen molar-refractivity contribution in [2.75, 3.05) is 19.7 Å². The van der Waals surface area contributed by atoms with Crippen molar-refractivity contribution < 1.29 is 28.8 Å². The third-order valence-corrected chi connectivity index (χ3v) is 8.80. The number of amides is 1. The largest absolute Gasteiger partial charge is 0.461 e. The maximum Gasteiger partial charge on any atom is 0.323 e. The predicted molar refractivity (Wildman–Crippen MR) is 196 cm³/mol. The van der Waals surface area contributed by atoms with Gasteiger partial charge in [-0.15, -0.1) is 0 Å². The van der Waals surface area contributed by atoms with Crippen LogP contribution >= 0.6 is 0 Å². The van der Waals surface area contributed by atoms with Crippen LogP contribution in [-0.2, 0) is 25.7 Å². The zero-order chi connectivity index (χ0) is 36.1. The van der Waals surface area contributed by atoms with E-state index in [9.17, 15) is 24.5 Å². The maximum atomic E-state index is 13.7. The first-order valence-corrected chi connectivity index (χ1v) is 19.0. The van der Waals surface area contributed by atoms with Crippen LogP contribution in [0.4, 0.5) is 5.69 Å². The van der Waals surface area contributed by atoms with Gasteiger partial charge in [0.15, 0.2) is 0 Å². The van der Waals surface area contributed by atoms with Crippen molar-refractivity contribution in [1.29, 1.82) is 0 Å². The van der Waals surface area contributed by atoms with Crippen LogP contribution in [-0.4, -0.2) is 53.4 Å². The van der Waals surface area contributed by atoms with Gasteiger partial charge in [-0.1, -0.05) is 142 Å². The van der Waals surface area contributed by atoms with Crippen LogP contribution in [0.15, 0.2) is 30.9 Å². The SMILES string of the molecule is C=CCOC(=O)CC(N)C(=O)OCc1ccc(C(=O)N(CCCCCCCCCCCC)CCCCCCCCCCCC)cc1[N+](=O)[O-]. The number of hydrogen-bond donors (Lipinski definition) is 1. The highest BCUT2D eigenvalue weighted by molar-refractivity contribution is 5.95. The normalized spacial score (nSPS) is 11.6. The van der Waals surface area contributed by atoms with Crippen molar-refractivity contribution in [3.05, 3.63) is 52.1 Å². The molecule has 1 amide bonds. The number of unbranched alkanes of at least 4 members (excludes halogenated alkanes) is 18. The summed E-state index contributed by atoms with van der Waals surface area (Å²) in [4.78, 5) is 51.0. The molecule has 49 heavy (non-hydrogen) atoms. The average Bonchev–Trinajstić information content (AvgIpc) is 3.09. The Morgan fingerprint density at radius 3 is 1.71 bits per heavy atom. The minimum Gasteiger partial charge on any atom is -0.461 e. The fraction of sp³-hybridized carbons (Fsp3) is 0.718. The Morgan fingerprint density at radius 1 is 0.796 bits per heavy atom. The van der Waals surface area contributed by atoms with Gasteiger partial charge in [-0.05, 0) is 25.0 Å². The van der Waals surface area contributed by atoms with E-state index in [2.05, 4.69) is 20.4 Å². The van der Waals surface area contributed by atoms with Crippen molar-refractivity contribution >= 4 is 23.5 Å². The third-order valence-electron chi connectivity index (χ3n) is 8.80. The number of ether oxygens (including phenoxy) is 2. The first-order valence-electron chi connectivity index (χ1n) is 19.0.